The topological polar surface area (TPSA) is 140 Å². The molecule has 2 aromatic heterocycles. The number of hydrogen-bond acceptors (Lipinski definition) is 7. The summed E-state index contributed by atoms with van der Waals surface area (Å²) in [4.78, 5) is 61.4. The van der Waals surface area contributed by atoms with E-state index in [0.29, 0.717) is 13.1 Å². The highest BCUT2D eigenvalue weighted by Crippen LogP contribution is 2.36. The van der Waals surface area contributed by atoms with Gasteiger partial charge in [-0.05, 0) is 86.7 Å². The number of ether oxygens (including phenoxy) is 1. The number of H-pyrrole nitrogens is 2. The van der Waals surface area contributed by atoms with Crippen molar-refractivity contribution < 1.29 is 19.1 Å². The second kappa shape index (κ2) is 17.3. The van der Waals surface area contributed by atoms with Crippen molar-refractivity contribution in [1.82, 2.24) is 40.0 Å². The Hall–Kier alpha value is -6.19. The quantitative estimate of drug-likeness (QED) is 0.132. The second-order valence-electron chi connectivity index (χ2n) is 15.3. The molecule has 7 rings (SSSR count). The Morgan fingerprint density at radius 3 is 1.70 bits per heavy atom. The smallest absolute Gasteiger partial charge is 0.407 e. The van der Waals surface area contributed by atoms with Crippen LogP contribution in [-0.2, 0) is 14.3 Å². The summed E-state index contributed by atoms with van der Waals surface area (Å²) in [7, 11) is 5.19. The lowest BCUT2D eigenvalue weighted by molar-refractivity contribution is -0.137. The predicted octanol–water partition coefficient (Wildman–Crippen LogP) is 6.88. The minimum Gasteiger partial charge on any atom is -0.453 e. The third kappa shape index (κ3) is 8.64. The summed E-state index contributed by atoms with van der Waals surface area (Å²) in [6.07, 6.45) is 6.46. The number of nitrogens with one attached hydrogen (secondary N) is 3. The van der Waals surface area contributed by atoms with Gasteiger partial charge in [-0.15, -0.1) is 0 Å². The first-order valence-electron chi connectivity index (χ1n) is 19.6. The molecule has 5 aromatic rings. The number of likely N-dealkylation sites (tertiary alicyclic amines) is 2. The number of aromatic amines is 2. The average Bonchev–Trinajstić information content (AvgIpc) is 4.06. The minimum atomic E-state index is -0.682. The highest BCUT2D eigenvalue weighted by molar-refractivity contribution is 5.86. The molecule has 0 aliphatic carbocycles. The highest BCUT2D eigenvalue weighted by atomic mass is 16.5. The number of alkyl carbamates (subject to hydrolysis) is 1. The number of nitrogens with zero attached hydrogens (tertiary/aromatic N) is 5. The molecular weight excluding hydrogens is 717 g/mol. The van der Waals surface area contributed by atoms with E-state index < -0.39 is 12.1 Å². The number of benzene rings is 3. The zero-order valence-electron chi connectivity index (χ0n) is 33.2. The van der Waals surface area contributed by atoms with Crippen molar-refractivity contribution in [3.8, 4) is 34.4 Å². The molecule has 2 fully saturated rings. The molecule has 12 nitrogen and oxygen atoms in total. The van der Waals surface area contributed by atoms with Crippen molar-refractivity contribution in [2.24, 2.45) is 5.92 Å². The van der Waals surface area contributed by atoms with Gasteiger partial charge >= 0.3 is 6.09 Å². The number of carbonyl (C=O) groups is 3. The van der Waals surface area contributed by atoms with Gasteiger partial charge in [0, 0.05) is 24.2 Å². The number of aromatic nitrogens is 4. The molecule has 2 saturated heterocycles. The van der Waals surface area contributed by atoms with Crippen LogP contribution in [0.25, 0.3) is 22.5 Å². The normalized spacial score (nSPS) is 17.7. The molecule has 294 valence electrons. The summed E-state index contributed by atoms with van der Waals surface area (Å²) in [5, 5.41) is 2.69. The number of amides is 3. The minimum absolute atomic E-state index is 0.0912. The number of imidazole rings is 2. The van der Waals surface area contributed by atoms with Crippen LogP contribution in [0.5, 0.6) is 0 Å². The summed E-state index contributed by atoms with van der Waals surface area (Å²) >= 11 is 0. The molecule has 0 saturated carbocycles. The molecule has 12 heteroatoms. The van der Waals surface area contributed by atoms with E-state index >= 15 is 0 Å². The van der Waals surface area contributed by atoms with E-state index in [0.717, 1.165) is 76.5 Å². The van der Waals surface area contributed by atoms with Crippen LogP contribution in [0.3, 0.4) is 0 Å². The van der Waals surface area contributed by atoms with Crippen molar-refractivity contribution in [1.29, 1.82) is 0 Å². The molecular formula is C45H50N8O4. The molecule has 3 amide bonds. The van der Waals surface area contributed by atoms with E-state index in [2.05, 4.69) is 32.1 Å². The van der Waals surface area contributed by atoms with Crippen LogP contribution in [-0.4, -0.2) is 92.9 Å². The van der Waals surface area contributed by atoms with Crippen LogP contribution in [0, 0.1) is 17.8 Å². The Morgan fingerprint density at radius 1 is 0.754 bits per heavy atom. The summed E-state index contributed by atoms with van der Waals surface area (Å²) in [5.41, 5.74) is 6.47. The van der Waals surface area contributed by atoms with E-state index in [1.165, 1.54) is 7.11 Å². The Bertz CT molecular complexity index is 2230. The maximum absolute atomic E-state index is 13.9. The van der Waals surface area contributed by atoms with Gasteiger partial charge in [-0.1, -0.05) is 80.3 Å². The Balaban J connectivity index is 0.978. The van der Waals surface area contributed by atoms with Crippen molar-refractivity contribution in [2.75, 3.05) is 34.3 Å². The maximum atomic E-state index is 13.9. The van der Waals surface area contributed by atoms with Gasteiger partial charge in [0.1, 0.15) is 23.7 Å². The summed E-state index contributed by atoms with van der Waals surface area (Å²) in [5.74, 6) is 7.93. The van der Waals surface area contributed by atoms with Crippen LogP contribution in [0.1, 0.15) is 86.0 Å². The van der Waals surface area contributed by atoms with Gasteiger partial charge in [0.15, 0.2) is 0 Å². The van der Waals surface area contributed by atoms with Gasteiger partial charge in [0.05, 0.1) is 43.0 Å². The fourth-order valence-corrected chi connectivity index (χ4v) is 7.88. The van der Waals surface area contributed by atoms with Crippen LogP contribution in [0.4, 0.5) is 4.79 Å². The first kappa shape index (κ1) is 39.1. The second-order valence-corrected chi connectivity index (χ2v) is 15.3. The van der Waals surface area contributed by atoms with Crippen molar-refractivity contribution in [2.45, 2.75) is 63.7 Å². The van der Waals surface area contributed by atoms with Gasteiger partial charge in [0.25, 0.3) is 0 Å². The molecule has 2 aliphatic heterocycles. The monoisotopic (exact) mass is 766 g/mol. The fraction of sp³-hybridized carbons (Fsp3) is 0.356. The van der Waals surface area contributed by atoms with E-state index in [-0.39, 0.29) is 35.9 Å². The SMILES string of the molecule is COC(=O)NC(C(=O)N1CCCC1c1ncc(-c2ccc(C#Cc3ccc(-c4cnc(C5CCCN5C(=O)C(c5ccccc5)N(C)C)[nH]4)cc3)cc2)[nH]1)C(C)C. The number of hydrogen-bond donors (Lipinski definition) is 3. The Kier molecular flexibility index (Phi) is 11.9. The number of carbonyl (C=O) groups excluding carboxylic acids is 3. The van der Waals surface area contributed by atoms with Crippen molar-refractivity contribution in [3.63, 3.8) is 0 Å². The molecule has 4 unspecified atom stereocenters. The maximum Gasteiger partial charge on any atom is 0.407 e. The van der Waals surface area contributed by atoms with Gasteiger partial charge in [0.2, 0.25) is 11.8 Å². The van der Waals surface area contributed by atoms with Crippen LogP contribution >= 0.6 is 0 Å². The first-order chi connectivity index (χ1) is 27.6. The molecule has 3 N–H and O–H groups in total. The third-order valence-corrected chi connectivity index (χ3v) is 10.9. The number of rotatable bonds is 10. The molecule has 0 bridgehead atoms. The Labute approximate surface area is 334 Å². The lowest BCUT2D eigenvalue weighted by Crippen LogP contribution is -2.51. The van der Waals surface area contributed by atoms with Crippen LogP contribution in [0.2, 0.25) is 0 Å². The molecule has 4 atom stereocenters. The summed E-state index contributed by atoms with van der Waals surface area (Å²) in [6, 6.07) is 24.7. The van der Waals surface area contributed by atoms with Crippen molar-refractivity contribution in [3.05, 3.63) is 120 Å². The molecule has 4 heterocycles. The van der Waals surface area contributed by atoms with E-state index in [1.807, 2.05) is 128 Å². The zero-order valence-corrected chi connectivity index (χ0v) is 33.2. The predicted molar refractivity (Wildman–Crippen MR) is 218 cm³/mol. The third-order valence-electron chi connectivity index (χ3n) is 10.9. The molecule has 0 spiro atoms. The zero-order chi connectivity index (χ0) is 40.1. The number of methoxy groups -OCH3 is 1. The standard InChI is InChI=1S/C45H50N8O4/c1-29(2)39(50-45(56)57-5)43(54)52-25-9-13-37(52)41-46-27-35(48-41)32-21-17-30(18-22-32)15-16-31-19-23-33(24-20-31)36-28-47-42(49-36)38-14-10-26-53(38)44(55)40(51(3)4)34-11-7-6-8-12-34/h6-8,11-12,17-24,27-29,37-40H,9-10,13-14,25-26H2,1-5H3,(H,46,48)(H,47,49)(H,50,56). The first-order valence-corrected chi connectivity index (χ1v) is 19.6. The lowest BCUT2D eigenvalue weighted by Gasteiger charge is -2.31. The number of likely N-dealkylation sites (N-methyl/N-ethyl adjacent to an activating group) is 1. The van der Waals surface area contributed by atoms with Gasteiger partial charge in [-0.3, -0.25) is 14.5 Å². The van der Waals surface area contributed by atoms with Gasteiger partial charge < -0.3 is 29.8 Å². The van der Waals surface area contributed by atoms with E-state index in [4.69, 9.17) is 9.72 Å². The molecule has 2 aliphatic rings. The van der Waals surface area contributed by atoms with Gasteiger partial charge in [-0.2, -0.15) is 0 Å². The van der Waals surface area contributed by atoms with Crippen LogP contribution in [0.15, 0.2) is 91.3 Å². The van der Waals surface area contributed by atoms with E-state index in [9.17, 15) is 14.4 Å². The molecule has 57 heavy (non-hydrogen) atoms. The van der Waals surface area contributed by atoms with Crippen LogP contribution < -0.4 is 5.32 Å². The lowest BCUT2D eigenvalue weighted by atomic mass is 10.0. The largest absolute Gasteiger partial charge is 0.453 e. The Morgan fingerprint density at radius 2 is 1.25 bits per heavy atom. The van der Waals surface area contributed by atoms with Gasteiger partial charge in [-0.25, -0.2) is 14.8 Å². The molecule has 0 radical (unpaired) electrons. The average molecular weight is 767 g/mol. The van der Waals surface area contributed by atoms with E-state index in [1.54, 1.807) is 6.20 Å². The highest BCUT2D eigenvalue weighted by Gasteiger charge is 2.38. The van der Waals surface area contributed by atoms with Crippen molar-refractivity contribution >= 4 is 17.9 Å². The fourth-order valence-electron chi connectivity index (χ4n) is 7.88. The molecule has 3 aromatic carbocycles. The summed E-state index contributed by atoms with van der Waals surface area (Å²) < 4.78 is 4.75. The summed E-state index contributed by atoms with van der Waals surface area (Å²) in [6.45, 7) is 5.11.